The summed E-state index contributed by atoms with van der Waals surface area (Å²) < 4.78 is 0. The number of halogens is 1. The number of phenolic OH excluding ortho intramolecular Hbond substituents is 1. The van der Waals surface area contributed by atoms with Crippen LogP contribution in [0.1, 0.15) is 29.6 Å². The normalized spacial score (nSPS) is 20.6. The molecule has 1 spiro atoms. The number of carbonyl (C=O) groups excluding carboxylic acids is 2. The second-order valence-corrected chi connectivity index (χ2v) is 6.32. The zero-order chi connectivity index (χ0) is 15.0. The quantitative estimate of drug-likeness (QED) is 0.831. The summed E-state index contributed by atoms with van der Waals surface area (Å²) >= 11 is 6.04. The highest BCUT2D eigenvalue weighted by molar-refractivity contribution is 6.33. The van der Waals surface area contributed by atoms with Crippen LogP contribution in [0.2, 0.25) is 5.02 Å². The summed E-state index contributed by atoms with van der Waals surface area (Å²) in [4.78, 5) is 25.6. The number of nitrogens with zero attached hydrogens (tertiary/aromatic N) is 1. The minimum atomic E-state index is -0.164. The minimum absolute atomic E-state index is 0.0104. The van der Waals surface area contributed by atoms with Gasteiger partial charge in [0.1, 0.15) is 5.75 Å². The first-order chi connectivity index (χ1) is 9.99. The van der Waals surface area contributed by atoms with Gasteiger partial charge in [0, 0.05) is 26.1 Å². The van der Waals surface area contributed by atoms with Gasteiger partial charge in [0.05, 0.1) is 10.6 Å². The number of hydrogen-bond acceptors (Lipinski definition) is 3. The van der Waals surface area contributed by atoms with Crippen LogP contribution in [0.15, 0.2) is 18.2 Å². The Balaban J connectivity index is 1.70. The maximum absolute atomic E-state index is 12.5. The number of amides is 2. The van der Waals surface area contributed by atoms with Gasteiger partial charge in [0.2, 0.25) is 5.91 Å². The molecule has 21 heavy (non-hydrogen) atoms. The number of carbonyl (C=O) groups is 2. The van der Waals surface area contributed by atoms with E-state index < -0.39 is 0 Å². The lowest BCUT2D eigenvalue weighted by molar-refractivity contribution is -0.119. The van der Waals surface area contributed by atoms with Crippen molar-refractivity contribution in [2.45, 2.75) is 19.3 Å². The van der Waals surface area contributed by atoms with Crippen LogP contribution in [-0.4, -0.2) is 41.5 Å². The van der Waals surface area contributed by atoms with E-state index in [0.717, 1.165) is 12.8 Å². The van der Waals surface area contributed by atoms with Gasteiger partial charge in [-0.05, 0) is 36.5 Å². The monoisotopic (exact) mass is 308 g/mol. The number of rotatable bonds is 1. The van der Waals surface area contributed by atoms with Crippen molar-refractivity contribution in [3.05, 3.63) is 28.8 Å². The predicted molar refractivity (Wildman–Crippen MR) is 78.3 cm³/mol. The molecule has 2 fully saturated rings. The summed E-state index contributed by atoms with van der Waals surface area (Å²) in [5, 5.41) is 12.7. The van der Waals surface area contributed by atoms with Gasteiger partial charge in [0.25, 0.3) is 5.91 Å². The fourth-order valence-electron chi connectivity index (χ4n) is 3.14. The third-order valence-corrected chi connectivity index (χ3v) is 4.82. The van der Waals surface area contributed by atoms with E-state index in [1.165, 1.54) is 18.2 Å². The molecule has 2 aliphatic heterocycles. The molecular formula is C15H17ClN2O3. The topological polar surface area (TPSA) is 69.6 Å². The van der Waals surface area contributed by atoms with Crippen LogP contribution in [0.5, 0.6) is 5.75 Å². The van der Waals surface area contributed by atoms with Crippen molar-refractivity contribution < 1.29 is 14.7 Å². The van der Waals surface area contributed by atoms with E-state index in [2.05, 4.69) is 5.32 Å². The van der Waals surface area contributed by atoms with Crippen LogP contribution in [0.25, 0.3) is 0 Å². The molecule has 0 aromatic heterocycles. The van der Waals surface area contributed by atoms with Crippen molar-refractivity contribution in [2.24, 2.45) is 5.41 Å². The van der Waals surface area contributed by atoms with Gasteiger partial charge in [-0.25, -0.2) is 0 Å². The summed E-state index contributed by atoms with van der Waals surface area (Å²) in [6.45, 7) is 1.93. The molecule has 0 radical (unpaired) electrons. The highest BCUT2D eigenvalue weighted by Crippen LogP contribution is 2.38. The summed E-state index contributed by atoms with van der Waals surface area (Å²) in [6.07, 6.45) is 2.18. The SMILES string of the molecule is O=C1CC2(CCN(C(=O)c3cc(O)ccc3Cl)CC2)CN1. The number of piperidine rings is 1. The molecular weight excluding hydrogens is 292 g/mol. The van der Waals surface area contributed by atoms with Crippen LogP contribution in [0, 0.1) is 5.41 Å². The van der Waals surface area contributed by atoms with Gasteiger partial charge < -0.3 is 15.3 Å². The second kappa shape index (κ2) is 5.22. The molecule has 3 rings (SSSR count). The Morgan fingerprint density at radius 1 is 1.33 bits per heavy atom. The fourth-order valence-corrected chi connectivity index (χ4v) is 3.34. The lowest BCUT2D eigenvalue weighted by Gasteiger charge is -2.38. The van der Waals surface area contributed by atoms with Crippen LogP contribution >= 0.6 is 11.6 Å². The average Bonchev–Trinajstić information content (AvgIpc) is 2.83. The number of nitrogens with one attached hydrogen (secondary N) is 1. The van der Waals surface area contributed by atoms with Gasteiger partial charge >= 0.3 is 0 Å². The zero-order valence-electron chi connectivity index (χ0n) is 11.6. The van der Waals surface area contributed by atoms with Gasteiger partial charge in [-0.3, -0.25) is 9.59 Å². The number of benzene rings is 1. The van der Waals surface area contributed by atoms with Gasteiger partial charge in [-0.1, -0.05) is 11.6 Å². The molecule has 0 atom stereocenters. The Bertz CT molecular complexity index is 595. The van der Waals surface area contributed by atoms with Crippen LogP contribution in [0.4, 0.5) is 0 Å². The van der Waals surface area contributed by atoms with Crippen molar-refractivity contribution in [2.75, 3.05) is 19.6 Å². The third kappa shape index (κ3) is 2.70. The number of aromatic hydroxyl groups is 1. The highest BCUT2D eigenvalue weighted by Gasteiger charge is 2.41. The van der Waals surface area contributed by atoms with E-state index in [1.807, 2.05) is 0 Å². The molecule has 112 valence electrons. The Morgan fingerprint density at radius 2 is 2.05 bits per heavy atom. The van der Waals surface area contributed by atoms with E-state index >= 15 is 0 Å². The lowest BCUT2D eigenvalue weighted by Crippen LogP contribution is -2.44. The summed E-state index contributed by atoms with van der Waals surface area (Å²) in [5.74, 6) is -0.0318. The molecule has 0 saturated carbocycles. The first kappa shape index (κ1) is 14.2. The molecule has 2 N–H and O–H groups in total. The zero-order valence-corrected chi connectivity index (χ0v) is 12.3. The number of hydrogen-bond donors (Lipinski definition) is 2. The fraction of sp³-hybridized carbons (Fsp3) is 0.467. The lowest BCUT2D eigenvalue weighted by atomic mass is 9.77. The Hall–Kier alpha value is -1.75. The Morgan fingerprint density at radius 3 is 2.67 bits per heavy atom. The maximum atomic E-state index is 12.5. The van der Waals surface area contributed by atoms with Gasteiger partial charge in [0.15, 0.2) is 0 Å². The Kier molecular flexibility index (Phi) is 3.53. The summed E-state index contributed by atoms with van der Waals surface area (Å²) in [5.41, 5.74) is 0.337. The second-order valence-electron chi connectivity index (χ2n) is 5.91. The average molecular weight is 309 g/mol. The molecule has 5 nitrogen and oxygen atoms in total. The molecule has 2 amide bonds. The maximum Gasteiger partial charge on any atom is 0.255 e. The van der Waals surface area contributed by atoms with Crippen LogP contribution in [-0.2, 0) is 4.79 Å². The van der Waals surface area contributed by atoms with Crippen LogP contribution in [0.3, 0.4) is 0 Å². The van der Waals surface area contributed by atoms with E-state index in [-0.39, 0.29) is 23.0 Å². The summed E-state index contributed by atoms with van der Waals surface area (Å²) in [7, 11) is 0. The molecule has 2 aliphatic rings. The molecule has 6 heteroatoms. The van der Waals surface area contributed by atoms with Gasteiger partial charge in [-0.15, -0.1) is 0 Å². The number of likely N-dealkylation sites (tertiary alicyclic amines) is 1. The molecule has 0 bridgehead atoms. The number of phenols is 1. The van der Waals surface area contributed by atoms with E-state index in [4.69, 9.17) is 11.6 Å². The first-order valence-corrected chi connectivity index (χ1v) is 7.41. The van der Waals surface area contributed by atoms with Crippen molar-refractivity contribution in [3.63, 3.8) is 0 Å². The van der Waals surface area contributed by atoms with Gasteiger partial charge in [-0.2, -0.15) is 0 Å². The van der Waals surface area contributed by atoms with Crippen molar-refractivity contribution in [1.82, 2.24) is 10.2 Å². The summed E-state index contributed by atoms with van der Waals surface area (Å²) in [6, 6.07) is 4.38. The van der Waals surface area contributed by atoms with Crippen molar-refractivity contribution in [1.29, 1.82) is 0 Å². The molecule has 1 aromatic carbocycles. The highest BCUT2D eigenvalue weighted by atomic mass is 35.5. The minimum Gasteiger partial charge on any atom is -0.508 e. The standard InChI is InChI=1S/C15H17ClN2O3/c16-12-2-1-10(19)7-11(12)14(21)18-5-3-15(4-6-18)8-13(20)17-9-15/h1-2,7,19H,3-6,8-9H2,(H,17,20). The molecule has 1 aromatic rings. The van der Waals surface area contributed by atoms with E-state index in [1.54, 1.807) is 4.90 Å². The molecule has 2 heterocycles. The van der Waals surface area contributed by atoms with Crippen molar-refractivity contribution >= 4 is 23.4 Å². The molecule has 0 aliphatic carbocycles. The Labute approximate surface area is 127 Å². The van der Waals surface area contributed by atoms with Crippen LogP contribution < -0.4 is 5.32 Å². The van der Waals surface area contributed by atoms with Crippen molar-refractivity contribution in [3.8, 4) is 5.75 Å². The third-order valence-electron chi connectivity index (χ3n) is 4.49. The van der Waals surface area contributed by atoms with E-state index in [9.17, 15) is 14.7 Å². The first-order valence-electron chi connectivity index (χ1n) is 7.04. The predicted octanol–water partition coefficient (Wildman–Crippen LogP) is 1.79. The molecule has 0 unspecified atom stereocenters. The molecule has 2 saturated heterocycles. The smallest absolute Gasteiger partial charge is 0.255 e. The van der Waals surface area contributed by atoms with E-state index in [0.29, 0.717) is 36.6 Å². The largest absolute Gasteiger partial charge is 0.508 e.